The molecule has 4 rings (SSSR count). The number of allylic oxidation sites excluding steroid dienone is 1. The number of hydrogen-bond acceptors (Lipinski definition) is 5. The fourth-order valence-corrected chi connectivity index (χ4v) is 4.69. The maximum absolute atomic E-state index is 5.56. The molecular formula is C15H14N2OS2. The molecule has 102 valence electrons. The first-order valence-corrected chi connectivity index (χ1v) is 8.24. The highest BCUT2D eigenvalue weighted by Gasteiger charge is 2.31. The number of thiophene rings is 1. The maximum Gasteiger partial charge on any atom is 0.168 e. The molecule has 0 saturated carbocycles. The number of amidine groups is 1. The number of methoxy groups -OCH3 is 1. The molecule has 0 atom stereocenters. The Kier molecular flexibility index (Phi) is 2.79. The molecule has 20 heavy (non-hydrogen) atoms. The van der Waals surface area contributed by atoms with Crippen molar-refractivity contribution in [3.8, 4) is 5.75 Å². The number of rotatable bonds is 2. The van der Waals surface area contributed by atoms with Gasteiger partial charge in [0, 0.05) is 27.1 Å². The van der Waals surface area contributed by atoms with Gasteiger partial charge in [-0.15, -0.1) is 11.3 Å². The summed E-state index contributed by atoms with van der Waals surface area (Å²) in [5.41, 5.74) is 2.52. The minimum absolute atomic E-state index is 0.900. The Morgan fingerprint density at radius 3 is 3.10 bits per heavy atom. The van der Waals surface area contributed by atoms with Crippen LogP contribution in [0.15, 0.2) is 33.5 Å². The number of ether oxygens (including phenoxy) is 1. The minimum Gasteiger partial charge on any atom is -0.496 e. The molecule has 3 heterocycles. The van der Waals surface area contributed by atoms with Gasteiger partial charge in [-0.05, 0) is 30.5 Å². The molecule has 0 bridgehead atoms. The van der Waals surface area contributed by atoms with Crippen molar-refractivity contribution >= 4 is 44.0 Å². The van der Waals surface area contributed by atoms with Crippen LogP contribution >= 0.6 is 23.1 Å². The van der Waals surface area contributed by atoms with Crippen LogP contribution in [0.25, 0.3) is 15.8 Å². The molecule has 1 aromatic heterocycles. The Balaban J connectivity index is 1.90. The average Bonchev–Trinajstić information content (AvgIpc) is 3.11. The number of aliphatic imine (C=N–C) groups is 1. The zero-order valence-electron chi connectivity index (χ0n) is 11.3. The van der Waals surface area contributed by atoms with Gasteiger partial charge in [0.05, 0.1) is 19.4 Å². The molecule has 5 heteroatoms. The van der Waals surface area contributed by atoms with E-state index < -0.39 is 0 Å². The number of nitrogens with zero attached hydrogens (tertiary/aromatic N) is 2. The Labute approximate surface area is 125 Å². The largest absolute Gasteiger partial charge is 0.496 e. The van der Waals surface area contributed by atoms with Crippen molar-refractivity contribution in [3.05, 3.63) is 34.0 Å². The second-order valence-corrected chi connectivity index (χ2v) is 6.96. The molecule has 0 amide bonds. The lowest BCUT2D eigenvalue weighted by Gasteiger charge is -2.18. The summed E-state index contributed by atoms with van der Waals surface area (Å²) in [6.45, 7) is 4.06. The second kappa shape index (κ2) is 4.53. The van der Waals surface area contributed by atoms with Crippen LogP contribution in [0.5, 0.6) is 5.75 Å². The van der Waals surface area contributed by atoms with Crippen molar-refractivity contribution in [2.75, 3.05) is 20.2 Å². The van der Waals surface area contributed by atoms with E-state index in [0.717, 1.165) is 24.0 Å². The monoisotopic (exact) mass is 302 g/mol. The van der Waals surface area contributed by atoms with E-state index >= 15 is 0 Å². The first kappa shape index (κ1) is 12.3. The van der Waals surface area contributed by atoms with E-state index in [4.69, 9.17) is 4.74 Å². The maximum atomic E-state index is 5.56. The van der Waals surface area contributed by atoms with E-state index in [1.54, 1.807) is 30.2 Å². The van der Waals surface area contributed by atoms with Gasteiger partial charge in [-0.25, -0.2) is 0 Å². The molecule has 3 nitrogen and oxygen atoms in total. The molecule has 0 fully saturated rings. The molecule has 0 aliphatic carbocycles. The molecule has 2 aliphatic heterocycles. The smallest absolute Gasteiger partial charge is 0.168 e. The highest BCUT2D eigenvalue weighted by molar-refractivity contribution is 8.17. The van der Waals surface area contributed by atoms with Crippen molar-refractivity contribution in [1.82, 2.24) is 4.90 Å². The van der Waals surface area contributed by atoms with Gasteiger partial charge in [0.1, 0.15) is 5.75 Å². The van der Waals surface area contributed by atoms with Crippen molar-refractivity contribution in [1.29, 1.82) is 0 Å². The first-order valence-electron chi connectivity index (χ1n) is 6.54. The Morgan fingerprint density at radius 2 is 2.25 bits per heavy atom. The summed E-state index contributed by atoms with van der Waals surface area (Å²) in [4.78, 5) is 8.20. The summed E-state index contributed by atoms with van der Waals surface area (Å²) >= 11 is 3.54. The Morgan fingerprint density at radius 1 is 1.35 bits per heavy atom. The quantitative estimate of drug-likeness (QED) is 0.837. The Bertz CT molecular complexity index is 760. The van der Waals surface area contributed by atoms with E-state index in [2.05, 4.69) is 40.4 Å². The molecule has 0 unspecified atom stereocenters. The molecule has 0 spiro atoms. The van der Waals surface area contributed by atoms with E-state index in [1.165, 1.54) is 26.3 Å². The SMILES string of the molecule is COc1cc(C2=C(C)SC3=NCCN32)cc2sccc12. The van der Waals surface area contributed by atoms with E-state index in [0.29, 0.717) is 0 Å². The van der Waals surface area contributed by atoms with Crippen molar-refractivity contribution in [2.45, 2.75) is 6.92 Å². The summed E-state index contributed by atoms with van der Waals surface area (Å²) in [5, 5.41) is 4.45. The normalized spacial score (nSPS) is 17.9. The predicted molar refractivity (Wildman–Crippen MR) is 87.6 cm³/mol. The first-order chi connectivity index (χ1) is 9.78. The summed E-state index contributed by atoms with van der Waals surface area (Å²) in [6, 6.07) is 6.54. The zero-order valence-corrected chi connectivity index (χ0v) is 13.0. The predicted octanol–water partition coefficient (Wildman–Crippen LogP) is 4.02. The fraction of sp³-hybridized carbons (Fsp3) is 0.267. The molecule has 2 aromatic rings. The highest BCUT2D eigenvalue weighted by Crippen LogP contribution is 2.43. The third kappa shape index (κ3) is 1.70. The number of fused-ring (bicyclic) bond motifs is 2. The molecule has 0 saturated heterocycles. The number of thioether (sulfide) groups is 1. The molecule has 0 radical (unpaired) electrons. The topological polar surface area (TPSA) is 24.8 Å². The third-order valence-electron chi connectivity index (χ3n) is 3.68. The fourth-order valence-electron chi connectivity index (χ4n) is 2.80. The van der Waals surface area contributed by atoms with Gasteiger partial charge >= 0.3 is 0 Å². The van der Waals surface area contributed by atoms with Crippen LogP contribution in [0.3, 0.4) is 0 Å². The lowest BCUT2D eigenvalue weighted by atomic mass is 10.1. The molecule has 2 aliphatic rings. The summed E-state index contributed by atoms with van der Waals surface area (Å²) < 4.78 is 6.83. The van der Waals surface area contributed by atoms with E-state index in [-0.39, 0.29) is 0 Å². The second-order valence-electron chi connectivity index (χ2n) is 4.83. The van der Waals surface area contributed by atoms with Crippen LogP contribution in [-0.2, 0) is 0 Å². The third-order valence-corrected chi connectivity index (χ3v) is 5.57. The van der Waals surface area contributed by atoms with Crippen molar-refractivity contribution in [2.24, 2.45) is 4.99 Å². The molecular weight excluding hydrogens is 288 g/mol. The van der Waals surface area contributed by atoms with Gasteiger partial charge in [0.2, 0.25) is 0 Å². The van der Waals surface area contributed by atoms with Gasteiger partial charge in [-0.3, -0.25) is 4.99 Å². The van der Waals surface area contributed by atoms with Gasteiger partial charge in [0.25, 0.3) is 0 Å². The number of benzene rings is 1. The van der Waals surface area contributed by atoms with Crippen molar-refractivity contribution in [3.63, 3.8) is 0 Å². The van der Waals surface area contributed by atoms with Crippen LogP contribution in [0.4, 0.5) is 0 Å². The zero-order chi connectivity index (χ0) is 13.7. The summed E-state index contributed by atoms with van der Waals surface area (Å²) in [7, 11) is 1.74. The molecule has 0 N–H and O–H groups in total. The molecule has 1 aromatic carbocycles. The minimum atomic E-state index is 0.900. The van der Waals surface area contributed by atoms with Gasteiger partial charge < -0.3 is 9.64 Å². The van der Waals surface area contributed by atoms with Crippen LogP contribution in [0, 0.1) is 0 Å². The van der Waals surface area contributed by atoms with Gasteiger partial charge in [0.15, 0.2) is 5.17 Å². The lowest BCUT2D eigenvalue weighted by molar-refractivity contribution is 0.419. The summed E-state index contributed by atoms with van der Waals surface area (Å²) in [6.07, 6.45) is 0. The van der Waals surface area contributed by atoms with E-state index in [1.807, 2.05) is 0 Å². The van der Waals surface area contributed by atoms with E-state index in [9.17, 15) is 0 Å². The van der Waals surface area contributed by atoms with Crippen LogP contribution in [-0.4, -0.2) is 30.3 Å². The van der Waals surface area contributed by atoms with Crippen LogP contribution in [0.2, 0.25) is 0 Å². The Hall–Kier alpha value is -1.46. The average molecular weight is 302 g/mol. The number of hydrogen-bond donors (Lipinski definition) is 0. The van der Waals surface area contributed by atoms with Crippen LogP contribution in [0.1, 0.15) is 12.5 Å². The lowest BCUT2D eigenvalue weighted by Crippen LogP contribution is -2.20. The van der Waals surface area contributed by atoms with Gasteiger partial charge in [-0.1, -0.05) is 11.8 Å². The van der Waals surface area contributed by atoms with Gasteiger partial charge in [-0.2, -0.15) is 0 Å². The summed E-state index contributed by atoms with van der Waals surface area (Å²) in [5.74, 6) is 0.952. The highest BCUT2D eigenvalue weighted by atomic mass is 32.2. The standard InChI is InChI=1S/C15H14N2OS2/c1-9-14(17-5-4-16-15(17)20-9)10-7-12(18-2)11-3-6-19-13(11)8-10/h3,6-8H,4-5H2,1-2H3. The van der Waals surface area contributed by atoms with Crippen LogP contribution < -0.4 is 4.74 Å². The van der Waals surface area contributed by atoms with Crippen molar-refractivity contribution < 1.29 is 4.74 Å².